The fourth-order valence-corrected chi connectivity index (χ4v) is 3.37. The summed E-state index contributed by atoms with van der Waals surface area (Å²) in [7, 11) is 0. The van der Waals surface area contributed by atoms with Crippen LogP contribution in [0.1, 0.15) is 10.4 Å². The van der Waals surface area contributed by atoms with Gasteiger partial charge in [-0.25, -0.2) is 9.78 Å². The predicted molar refractivity (Wildman–Crippen MR) is 108 cm³/mol. The first kappa shape index (κ1) is 17.1. The SMILES string of the molecule is CSc1ccc(-c2nc(-c3ccc(C(=O)O)cc3)cc3[nH]nc(N)c23)cc1. The van der Waals surface area contributed by atoms with Gasteiger partial charge in [-0.15, -0.1) is 11.8 Å². The average molecular weight is 376 g/mol. The molecule has 0 atom stereocenters. The van der Waals surface area contributed by atoms with E-state index in [1.165, 1.54) is 0 Å². The molecule has 0 bridgehead atoms. The first-order valence-corrected chi connectivity index (χ1v) is 9.42. The Labute approximate surface area is 159 Å². The molecule has 134 valence electrons. The van der Waals surface area contributed by atoms with Crippen LogP contribution in [-0.4, -0.2) is 32.5 Å². The van der Waals surface area contributed by atoms with Crippen LogP contribution in [0.3, 0.4) is 0 Å². The molecule has 0 amide bonds. The quantitative estimate of drug-likeness (QED) is 0.459. The molecule has 2 heterocycles. The maximum absolute atomic E-state index is 11.1. The number of pyridine rings is 1. The van der Waals surface area contributed by atoms with Crippen LogP contribution in [0.2, 0.25) is 0 Å². The lowest BCUT2D eigenvalue weighted by molar-refractivity contribution is 0.0697. The minimum atomic E-state index is -0.958. The smallest absolute Gasteiger partial charge is 0.335 e. The van der Waals surface area contributed by atoms with Crippen molar-refractivity contribution in [3.05, 3.63) is 60.2 Å². The van der Waals surface area contributed by atoms with Crippen molar-refractivity contribution in [1.82, 2.24) is 15.2 Å². The van der Waals surface area contributed by atoms with Crippen molar-refractivity contribution in [2.75, 3.05) is 12.0 Å². The molecule has 0 aliphatic heterocycles. The first-order valence-electron chi connectivity index (χ1n) is 8.19. The molecule has 0 fully saturated rings. The highest BCUT2D eigenvalue weighted by Crippen LogP contribution is 2.34. The summed E-state index contributed by atoms with van der Waals surface area (Å²) in [4.78, 5) is 17.0. The number of nitrogens with one attached hydrogen (secondary N) is 1. The monoisotopic (exact) mass is 376 g/mol. The standard InChI is InChI=1S/C20H16N4O2S/c1-27-14-8-6-12(7-9-14)18-17-16(23-24-19(17)21)10-15(22-18)11-2-4-13(5-3-11)20(25)26/h2-10H,1H3,(H,25,26)(H3,21,23,24). The van der Waals surface area contributed by atoms with Crippen molar-refractivity contribution >= 4 is 34.5 Å². The lowest BCUT2D eigenvalue weighted by Crippen LogP contribution is -1.96. The normalized spacial score (nSPS) is 11.0. The van der Waals surface area contributed by atoms with Gasteiger partial charge in [0.1, 0.15) is 0 Å². The number of carboxylic acid groups (broad SMARTS) is 1. The van der Waals surface area contributed by atoms with Crippen molar-refractivity contribution in [2.45, 2.75) is 4.90 Å². The lowest BCUT2D eigenvalue weighted by Gasteiger charge is -2.09. The summed E-state index contributed by atoms with van der Waals surface area (Å²) in [6, 6.07) is 16.6. The van der Waals surface area contributed by atoms with E-state index in [9.17, 15) is 4.79 Å². The summed E-state index contributed by atoms with van der Waals surface area (Å²) in [5.74, 6) is -0.560. The molecule has 4 rings (SSSR count). The van der Waals surface area contributed by atoms with Gasteiger partial charge in [0.2, 0.25) is 0 Å². The van der Waals surface area contributed by atoms with Crippen molar-refractivity contribution in [3.63, 3.8) is 0 Å². The molecule has 0 saturated carbocycles. The topological polar surface area (TPSA) is 105 Å². The zero-order chi connectivity index (χ0) is 19.0. The minimum absolute atomic E-state index is 0.235. The van der Waals surface area contributed by atoms with E-state index in [2.05, 4.69) is 10.2 Å². The van der Waals surface area contributed by atoms with Crippen LogP contribution in [0.4, 0.5) is 5.82 Å². The number of anilines is 1. The average Bonchev–Trinajstić information content (AvgIpc) is 3.08. The van der Waals surface area contributed by atoms with E-state index in [0.29, 0.717) is 11.5 Å². The van der Waals surface area contributed by atoms with Crippen LogP contribution in [0.25, 0.3) is 33.4 Å². The van der Waals surface area contributed by atoms with Crippen molar-refractivity contribution < 1.29 is 9.90 Å². The second-order valence-electron chi connectivity index (χ2n) is 6.00. The number of thioether (sulfide) groups is 1. The Morgan fingerprint density at radius 3 is 2.37 bits per heavy atom. The summed E-state index contributed by atoms with van der Waals surface area (Å²) < 4.78 is 0. The fourth-order valence-electron chi connectivity index (χ4n) is 2.96. The second-order valence-corrected chi connectivity index (χ2v) is 6.88. The van der Waals surface area contributed by atoms with Gasteiger partial charge >= 0.3 is 5.97 Å². The van der Waals surface area contributed by atoms with Crippen LogP contribution < -0.4 is 5.73 Å². The Kier molecular flexibility index (Phi) is 4.29. The zero-order valence-electron chi connectivity index (χ0n) is 14.4. The number of carboxylic acids is 1. The molecule has 2 aromatic heterocycles. The highest BCUT2D eigenvalue weighted by atomic mass is 32.2. The molecule has 0 unspecified atom stereocenters. The van der Waals surface area contributed by atoms with E-state index in [-0.39, 0.29) is 5.56 Å². The van der Waals surface area contributed by atoms with Gasteiger partial charge in [-0.1, -0.05) is 24.3 Å². The fraction of sp³-hybridized carbons (Fsp3) is 0.0500. The van der Waals surface area contributed by atoms with Gasteiger partial charge in [-0.3, -0.25) is 5.10 Å². The third kappa shape index (κ3) is 3.13. The lowest BCUT2D eigenvalue weighted by atomic mass is 10.0. The summed E-state index contributed by atoms with van der Waals surface area (Å²) in [6.07, 6.45) is 2.03. The Bertz CT molecular complexity index is 1140. The number of nitrogens with two attached hydrogens (primary N) is 1. The van der Waals surface area contributed by atoms with E-state index < -0.39 is 5.97 Å². The summed E-state index contributed by atoms with van der Waals surface area (Å²) in [6.45, 7) is 0. The molecule has 0 aliphatic carbocycles. The molecule has 2 aromatic carbocycles. The van der Waals surface area contributed by atoms with Crippen molar-refractivity contribution in [2.24, 2.45) is 0 Å². The number of aromatic carboxylic acids is 1. The van der Waals surface area contributed by atoms with Gasteiger partial charge in [0.25, 0.3) is 0 Å². The number of nitrogens with zero attached hydrogens (tertiary/aromatic N) is 2. The van der Waals surface area contributed by atoms with Crippen LogP contribution in [-0.2, 0) is 0 Å². The number of fused-ring (bicyclic) bond motifs is 1. The van der Waals surface area contributed by atoms with Gasteiger partial charge in [-0.05, 0) is 36.6 Å². The van der Waals surface area contributed by atoms with E-state index in [4.69, 9.17) is 15.8 Å². The molecule has 0 spiro atoms. The van der Waals surface area contributed by atoms with E-state index in [1.54, 1.807) is 36.0 Å². The maximum atomic E-state index is 11.1. The molecule has 0 aliphatic rings. The largest absolute Gasteiger partial charge is 0.478 e. The molecule has 0 radical (unpaired) electrons. The molecular formula is C20H16N4O2S. The van der Waals surface area contributed by atoms with Gasteiger partial charge < -0.3 is 10.8 Å². The van der Waals surface area contributed by atoms with Crippen molar-refractivity contribution in [1.29, 1.82) is 0 Å². The number of hydrogen-bond acceptors (Lipinski definition) is 5. The molecular weight excluding hydrogens is 360 g/mol. The second kappa shape index (κ2) is 6.77. The van der Waals surface area contributed by atoms with E-state index in [0.717, 1.165) is 32.6 Å². The molecule has 27 heavy (non-hydrogen) atoms. The first-order chi connectivity index (χ1) is 13.1. The number of rotatable bonds is 4. The third-order valence-corrected chi connectivity index (χ3v) is 5.11. The number of hydrogen-bond donors (Lipinski definition) is 3. The minimum Gasteiger partial charge on any atom is -0.478 e. The third-order valence-electron chi connectivity index (χ3n) is 4.36. The summed E-state index contributed by atoms with van der Waals surface area (Å²) >= 11 is 1.67. The number of aromatic amines is 1. The Morgan fingerprint density at radius 1 is 1.07 bits per heavy atom. The maximum Gasteiger partial charge on any atom is 0.335 e. The number of H-pyrrole nitrogens is 1. The summed E-state index contributed by atoms with van der Waals surface area (Å²) in [5, 5.41) is 16.9. The van der Waals surface area contributed by atoms with E-state index >= 15 is 0 Å². The molecule has 7 heteroatoms. The van der Waals surface area contributed by atoms with Crippen LogP contribution in [0.15, 0.2) is 59.5 Å². The van der Waals surface area contributed by atoms with Gasteiger partial charge in [0.15, 0.2) is 5.82 Å². The van der Waals surface area contributed by atoms with Gasteiger partial charge in [0, 0.05) is 16.0 Å². The Morgan fingerprint density at radius 2 is 1.74 bits per heavy atom. The molecule has 6 nitrogen and oxygen atoms in total. The number of benzene rings is 2. The number of carbonyl (C=O) groups is 1. The Hall–Kier alpha value is -3.32. The molecule has 4 N–H and O–H groups in total. The van der Waals surface area contributed by atoms with E-state index in [1.807, 2.05) is 36.6 Å². The zero-order valence-corrected chi connectivity index (χ0v) is 15.2. The summed E-state index contributed by atoms with van der Waals surface area (Å²) in [5.41, 5.74) is 10.3. The van der Waals surface area contributed by atoms with Gasteiger partial charge in [-0.2, -0.15) is 5.10 Å². The predicted octanol–water partition coefficient (Wildman–Crippen LogP) is 4.29. The van der Waals surface area contributed by atoms with Gasteiger partial charge in [0.05, 0.1) is 27.9 Å². The number of aromatic nitrogens is 3. The van der Waals surface area contributed by atoms with Crippen LogP contribution in [0, 0.1) is 0 Å². The van der Waals surface area contributed by atoms with Crippen LogP contribution >= 0.6 is 11.8 Å². The number of nitrogen functional groups attached to an aromatic ring is 1. The highest BCUT2D eigenvalue weighted by molar-refractivity contribution is 7.98. The highest BCUT2D eigenvalue weighted by Gasteiger charge is 2.15. The molecule has 0 saturated heterocycles. The van der Waals surface area contributed by atoms with Crippen LogP contribution in [0.5, 0.6) is 0 Å². The van der Waals surface area contributed by atoms with Crippen molar-refractivity contribution in [3.8, 4) is 22.5 Å². The Balaban J connectivity index is 1.89. The molecule has 4 aromatic rings.